The summed E-state index contributed by atoms with van der Waals surface area (Å²) in [5.74, 6) is 1.04. The monoisotopic (exact) mass is 261 g/mol. The molecule has 1 aromatic carbocycles. The molecule has 1 N–H and O–H groups in total. The average Bonchev–Trinajstić information content (AvgIpc) is 2.38. The third kappa shape index (κ3) is 4.24. The minimum absolute atomic E-state index is 0.260. The van der Waals surface area contributed by atoms with Crippen molar-refractivity contribution in [2.75, 3.05) is 6.54 Å². The van der Waals surface area contributed by atoms with Crippen LogP contribution in [0.3, 0.4) is 0 Å². The number of hydrogen-bond acceptors (Lipinski definition) is 2. The molecule has 2 unspecified atom stereocenters. The summed E-state index contributed by atoms with van der Waals surface area (Å²) in [6.07, 6.45) is 6.42. The second kappa shape index (κ2) is 6.95. The van der Waals surface area contributed by atoms with Crippen LogP contribution in [0, 0.1) is 0 Å². The van der Waals surface area contributed by atoms with Crippen molar-refractivity contribution < 1.29 is 4.74 Å². The summed E-state index contributed by atoms with van der Waals surface area (Å²) in [4.78, 5) is 0. The van der Waals surface area contributed by atoms with Crippen LogP contribution >= 0.6 is 0 Å². The number of rotatable bonds is 6. The molecule has 2 rings (SSSR count). The van der Waals surface area contributed by atoms with Crippen molar-refractivity contribution in [1.29, 1.82) is 0 Å². The number of nitrogens with one attached hydrogen (secondary N) is 1. The summed E-state index contributed by atoms with van der Waals surface area (Å²) in [5.41, 5.74) is 3.02. The molecular weight excluding hydrogens is 234 g/mol. The molecule has 0 aliphatic heterocycles. The Bertz CT molecular complexity index is 402. The molecule has 1 aliphatic rings. The lowest BCUT2D eigenvalue weighted by Gasteiger charge is -2.21. The highest BCUT2D eigenvalue weighted by atomic mass is 16.5. The van der Waals surface area contributed by atoms with Crippen LogP contribution in [0.25, 0.3) is 0 Å². The molecule has 106 valence electrons. The molecule has 0 fully saturated rings. The van der Waals surface area contributed by atoms with E-state index in [9.17, 15) is 0 Å². The molecule has 0 heterocycles. The van der Waals surface area contributed by atoms with Gasteiger partial charge in [0, 0.05) is 6.04 Å². The Balaban J connectivity index is 1.91. The average molecular weight is 261 g/mol. The second-order valence-corrected chi connectivity index (χ2v) is 5.76. The van der Waals surface area contributed by atoms with E-state index in [1.807, 2.05) is 0 Å². The SMILES string of the molecule is CCNC(C)CC(C)Oc1ccc2c(c1)CCCC2. The fraction of sp³-hybridized carbons (Fsp3) is 0.647. The number of aryl methyl sites for hydroxylation is 2. The number of fused-ring (bicyclic) bond motifs is 1. The first-order valence-corrected chi connectivity index (χ1v) is 7.71. The van der Waals surface area contributed by atoms with E-state index >= 15 is 0 Å². The Morgan fingerprint density at radius 1 is 1.16 bits per heavy atom. The van der Waals surface area contributed by atoms with Crippen molar-refractivity contribution in [2.45, 2.75) is 65.0 Å². The first kappa shape index (κ1) is 14.4. The van der Waals surface area contributed by atoms with Gasteiger partial charge in [-0.25, -0.2) is 0 Å². The fourth-order valence-electron chi connectivity index (χ4n) is 2.99. The van der Waals surface area contributed by atoms with Crippen molar-refractivity contribution in [1.82, 2.24) is 5.32 Å². The van der Waals surface area contributed by atoms with Crippen molar-refractivity contribution in [3.63, 3.8) is 0 Å². The molecule has 0 amide bonds. The van der Waals surface area contributed by atoms with E-state index in [0.717, 1.165) is 18.7 Å². The van der Waals surface area contributed by atoms with Gasteiger partial charge in [0.05, 0.1) is 6.10 Å². The Morgan fingerprint density at radius 2 is 1.89 bits per heavy atom. The predicted molar refractivity (Wildman–Crippen MR) is 80.9 cm³/mol. The smallest absolute Gasteiger partial charge is 0.119 e. The van der Waals surface area contributed by atoms with Gasteiger partial charge in [0.15, 0.2) is 0 Å². The zero-order valence-corrected chi connectivity index (χ0v) is 12.5. The summed E-state index contributed by atoms with van der Waals surface area (Å²) < 4.78 is 6.06. The minimum Gasteiger partial charge on any atom is -0.491 e. The summed E-state index contributed by atoms with van der Waals surface area (Å²) in [5, 5.41) is 3.43. The van der Waals surface area contributed by atoms with Gasteiger partial charge in [0.1, 0.15) is 5.75 Å². The van der Waals surface area contributed by atoms with Gasteiger partial charge in [-0.15, -0.1) is 0 Å². The van der Waals surface area contributed by atoms with Gasteiger partial charge in [-0.3, -0.25) is 0 Å². The first-order chi connectivity index (χ1) is 9.19. The van der Waals surface area contributed by atoms with Crippen molar-refractivity contribution in [3.05, 3.63) is 29.3 Å². The molecule has 2 nitrogen and oxygen atoms in total. The van der Waals surface area contributed by atoms with Crippen LogP contribution in [-0.4, -0.2) is 18.7 Å². The molecule has 0 saturated heterocycles. The lowest BCUT2D eigenvalue weighted by atomic mass is 9.92. The van der Waals surface area contributed by atoms with Crippen LogP contribution < -0.4 is 10.1 Å². The Hall–Kier alpha value is -1.02. The van der Waals surface area contributed by atoms with Gasteiger partial charge in [0.2, 0.25) is 0 Å². The minimum atomic E-state index is 0.260. The van der Waals surface area contributed by atoms with Crippen LogP contribution in [0.15, 0.2) is 18.2 Å². The lowest BCUT2D eigenvalue weighted by molar-refractivity contribution is 0.196. The molecule has 0 spiro atoms. The van der Waals surface area contributed by atoms with E-state index in [-0.39, 0.29) is 6.10 Å². The molecule has 2 heteroatoms. The number of ether oxygens (including phenoxy) is 1. The zero-order valence-electron chi connectivity index (χ0n) is 12.5. The highest BCUT2D eigenvalue weighted by Gasteiger charge is 2.12. The Morgan fingerprint density at radius 3 is 2.63 bits per heavy atom. The molecule has 19 heavy (non-hydrogen) atoms. The van der Waals surface area contributed by atoms with Gasteiger partial charge >= 0.3 is 0 Å². The quantitative estimate of drug-likeness (QED) is 0.842. The van der Waals surface area contributed by atoms with E-state index in [2.05, 4.69) is 44.3 Å². The topological polar surface area (TPSA) is 21.3 Å². The highest BCUT2D eigenvalue weighted by Crippen LogP contribution is 2.26. The Kier molecular flexibility index (Phi) is 5.26. The normalized spacial score (nSPS) is 17.6. The lowest BCUT2D eigenvalue weighted by Crippen LogP contribution is -2.30. The van der Waals surface area contributed by atoms with E-state index in [4.69, 9.17) is 4.74 Å². The van der Waals surface area contributed by atoms with Crippen LogP contribution in [0.4, 0.5) is 0 Å². The maximum absolute atomic E-state index is 6.06. The molecular formula is C17H27NO. The van der Waals surface area contributed by atoms with E-state index in [1.165, 1.54) is 36.8 Å². The van der Waals surface area contributed by atoms with Crippen molar-refractivity contribution >= 4 is 0 Å². The summed E-state index contributed by atoms with van der Waals surface area (Å²) in [6.45, 7) is 7.54. The van der Waals surface area contributed by atoms with Gasteiger partial charge in [-0.1, -0.05) is 13.0 Å². The fourth-order valence-corrected chi connectivity index (χ4v) is 2.99. The highest BCUT2D eigenvalue weighted by molar-refractivity contribution is 5.37. The molecule has 0 radical (unpaired) electrons. The van der Waals surface area contributed by atoms with Crippen LogP contribution in [0.5, 0.6) is 5.75 Å². The third-order valence-corrected chi connectivity index (χ3v) is 3.90. The van der Waals surface area contributed by atoms with Crippen LogP contribution in [-0.2, 0) is 12.8 Å². The number of hydrogen-bond donors (Lipinski definition) is 1. The summed E-state index contributed by atoms with van der Waals surface area (Å²) >= 11 is 0. The molecule has 0 bridgehead atoms. The maximum Gasteiger partial charge on any atom is 0.119 e. The van der Waals surface area contributed by atoms with E-state index in [0.29, 0.717) is 6.04 Å². The van der Waals surface area contributed by atoms with E-state index < -0.39 is 0 Å². The number of benzene rings is 1. The summed E-state index contributed by atoms with van der Waals surface area (Å²) in [7, 11) is 0. The third-order valence-electron chi connectivity index (χ3n) is 3.90. The van der Waals surface area contributed by atoms with Gasteiger partial charge in [-0.05, 0) is 75.8 Å². The molecule has 1 aliphatic carbocycles. The van der Waals surface area contributed by atoms with E-state index in [1.54, 1.807) is 0 Å². The molecule has 2 atom stereocenters. The zero-order chi connectivity index (χ0) is 13.7. The molecule has 1 aromatic rings. The first-order valence-electron chi connectivity index (χ1n) is 7.71. The predicted octanol–water partition coefficient (Wildman–Crippen LogP) is 3.72. The van der Waals surface area contributed by atoms with Crippen LogP contribution in [0.2, 0.25) is 0 Å². The van der Waals surface area contributed by atoms with Crippen molar-refractivity contribution in [3.8, 4) is 5.75 Å². The Labute approximate surface area is 117 Å². The van der Waals surface area contributed by atoms with Gasteiger partial charge in [-0.2, -0.15) is 0 Å². The molecule has 0 aromatic heterocycles. The second-order valence-electron chi connectivity index (χ2n) is 5.76. The maximum atomic E-state index is 6.06. The standard InChI is InChI=1S/C17H27NO/c1-4-18-13(2)11-14(3)19-17-10-9-15-7-5-6-8-16(15)12-17/h9-10,12-14,18H,4-8,11H2,1-3H3. The summed E-state index contributed by atoms with van der Waals surface area (Å²) in [6, 6.07) is 7.16. The van der Waals surface area contributed by atoms with Gasteiger partial charge < -0.3 is 10.1 Å². The molecule has 0 saturated carbocycles. The van der Waals surface area contributed by atoms with Crippen LogP contribution in [0.1, 0.15) is 51.2 Å². The van der Waals surface area contributed by atoms with Crippen molar-refractivity contribution in [2.24, 2.45) is 0 Å². The van der Waals surface area contributed by atoms with Gasteiger partial charge in [0.25, 0.3) is 0 Å². The largest absolute Gasteiger partial charge is 0.491 e.